The molecule has 19 heavy (non-hydrogen) atoms. The number of aliphatic hydroxyl groups excluding tert-OH is 1. The Morgan fingerprint density at radius 3 is 3.11 bits per heavy atom. The molecular formula is C14H17N3O2. The van der Waals surface area contributed by atoms with Gasteiger partial charge in [0, 0.05) is 18.9 Å². The highest BCUT2D eigenvalue weighted by Crippen LogP contribution is 2.25. The van der Waals surface area contributed by atoms with E-state index in [2.05, 4.69) is 11.9 Å². The van der Waals surface area contributed by atoms with Crippen molar-refractivity contribution < 1.29 is 9.90 Å². The molecule has 1 saturated heterocycles. The number of amides is 1. The van der Waals surface area contributed by atoms with Gasteiger partial charge >= 0.3 is 0 Å². The van der Waals surface area contributed by atoms with Gasteiger partial charge in [-0.3, -0.25) is 4.79 Å². The van der Waals surface area contributed by atoms with Crippen LogP contribution in [0.25, 0.3) is 5.65 Å². The Balaban J connectivity index is 1.91. The van der Waals surface area contributed by atoms with Crippen LogP contribution in [0.4, 0.5) is 0 Å². The van der Waals surface area contributed by atoms with Gasteiger partial charge in [0.2, 0.25) is 0 Å². The summed E-state index contributed by atoms with van der Waals surface area (Å²) in [7, 11) is 0. The number of likely N-dealkylation sites (tertiary alicyclic amines) is 1. The number of fused-ring (bicyclic) bond motifs is 1. The van der Waals surface area contributed by atoms with E-state index in [1.54, 1.807) is 11.1 Å². The molecule has 2 aromatic rings. The molecule has 0 radical (unpaired) electrons. The van der Waals surface area contributed by atoms with Crippen molar-refractivity contribution in [3.8, 4) is 0 Å². The summed E-state index contributed by atoms with van der Waals surface area (Å²) in [4.78, 5) is 18.6. The first-order valence-electron chi connectivity index (χ1n) is 6.56. The summed E-state index contributed by atoms with van der Waals surface area (Å²) in [6.07, 6.45) is 4.55. The monoisotopic (exact) mass is 259 g/mol. The van der Waals surface area contributed by atoms with Crippen molar-refractivity contribution >= 4 is 11.6 Å². The molecule has 2 unspecified atom stereocenters. The van der Waals surface area contributed by atoms with Crippen LogP contribution in [0.2, 0.25) is 0 Å². The number of nitrogens with zero attached hydrogens (tertiary/aromatic N) is 3. The van der Waals surface area contributed by atoms with E-state index in [9.17, 15) is 9.90 Å². The average Bonchev–Trinajstić information content (AvgIpc) is 3.00. The smallest absolute Gasteiger partial charge is 0.274 e. The zero-order chi connectivity index (χ0) is 13.4. The maximum absolute atomic E-state index is 12.5. The Kier molecular flexibility index (Phi) is 2.98. The lowest BCUT2D eigenvalue weighted by atomic mass is 10.0. The Hall–Kier alpha value is -1.88. The van der Waals surface area contributed by atoms with E-state index < -0.39 is 0 Å². The van der Waals surface area contributed by atoms with Crippen LogP contribution in [0, 0.1) is 5.92 Å². The predicted molar refractivity (Wildman–Crippen MR) is 70.9 cm³/mol. The highest BCUT2D eigenvalue weighted by molar-refractivity contribution is 5.93. The van der Waals surface area contributed by atoms with Crippen LogP contribution in [0.3, 0.4) is 0 Å². The molecule has 0 aromatic carbocycles. The highest BCUT2D eigenvalue weighted by atomic mass is 16.3. The first-order chi connectivity index (χ1) is 9.20. The molecule has 1 amide bonds. The van der Waals surface area contributed by atoms with Gasteiger partial charge in [-0.15, -0.1) is 0 Å². The van der Waals surface area contributed by atoms with Crippen LogP contribution in [-0.2, 0) is 0 Å². The molecule has 0 spiro atoms. The largest absolute Gasteiger partial charge is 0.394 e. The van der Waals surface area contributed by atoms with Gasteiger partial charge in [0.15, 0.2) is 0 Å². The maximum atomic E-state index is 12.5. The molecule has 5 nitrogen and oxygen atoms in total. The second-order valence-electron chi connectivity index (χ2n) is 5.11. The number of imidazole rings is 1. The van der Waals surface area contributed by atoms with Gasteiger partial charge in [0.05, 0.1) is 12.6 Å². The van der Waals surface area contributed by atoms with Crippen molar-refractivity contribution in [1.29, 1.82) is 0 Å². The second-order valence-corrected chi connectivity index (χ2v) is 5.11. The van der Waals surface area contributed by atoms with E-state index in [-0.39, 0.29) is 18.6 Å². The summed E-state index contributed by atoms with van der Waals surface area (Å²) < 4.78 is 1.83. The van der Waals surface area contributed by atoms with E-state index in [0.717, 1.165) is 12.1 Å². The summed E-state index contributed by atoms with van der Waals surface area (Å²) in [5, 5.41) is 9.42. The number of hydrogen-bond acceptors (Lipinski definition) is 3. The van der Waals surface area contributed by atoms with E-state index in [0.29, 0.717) is 18.2 Å². The molecule has 0 bridgehead atoms. The Labute approximate surface area is 111 Å². The molecule has 0 saturated carbocycles. The SMILES string of the molecule is CC1CCN(C(=O)c2cn3ccccc3n2)C1CO. The highest BCUT2D eigenvalue weighted by Gasteiger charge is 2.35. The van der Waals surface area contributed by atoms with Crippen LogP contribution in [-0.4, -0.2) is 44.5 Å². The van der Waals surface area contributed by atoms with Gasteiger partial charge < -0.3 is 14.4 Å². The van der Waals surface area contributed by atoms with Crippen LogP contribution in [0.1, 0.15) is 23.8 Å². The van der Waals surface area contributed by atoms with Crippen molar-refractivity contribution in [3.05, 3.63) is 36.3 Å². The lowest BCUT2D eigenvalue weighted by Crippen LogP contribution is -2.40. The zero-order valence-corrected chi connectivity index (χ0v) is 10.9. The summed E-state index contributed by atoms with van der Waals surface area (Å²) in [5.74, 6) is 0.248. The van der Waals surface area contributed by atoms with Crippen LogP contribution < -0.4 is 0 Å². The predicted octanol–water partition coefficient (Wildman–Crippen LogP) is 1.18. The lowest BCUT2D eigenvalue weighted by Gasteiger charge is -2.24. The topological polar surface area (TPSA) is 57.8 Å². The average molecular weight is 259 g/mol. The van der Waals surface area contributed by atoms with Gasteiger partial charge in [-0.2, -0.15) is 0 Å². The summed E-state index contributed by atoms with van der Waals surface area (Å²) >= 11 is 0. The van der Waals surface area contributed by atoms with Gasteiger partial charge in [0.1, 0.15) is 11.3 Å². The molecule has 100 valence electrons. The number of aliphatic hydroxyl groups is 1. The molecule has 1 aliphatic rings. The van der Waals surface area contributed by atoms with Crippen molar-refractivity contribution in [3.63, 3.8) is 0 Å². The molecule has 1 aliphatic heterocycles. The van der Waals surface area contributed by atoms with E-state index in [1.165, 1.54) is 0 Å². The fraction of sp³-hybridized carbons (Fsp3) is 0.429. The minimum Gasteiger partial charge on any atom is -0.394 e. The first-order valence-corrected chi connectivity index (χ1v) is 6.56. The number of rotatable bonds is 2. The zero-order valence-electron chi connectivity index (χ0n) is 10.9. The molecular weight excluding hydrogens is 242 g/mol. The van der Waals surface area contributed by atoms with E-state index >= 15 is 0 Å². The molecule has 0 aliphatic carbocycles. The molecule has 3 rings (SSSR count). The van der Waals surface area contributed by atoms with Gasteiger partial charge in [-0.25, -0.2) is 4.98 Å². The molecule has 3 heterocycles. The van der Waals surface area contributed by atoms with Crippen molar-refractivity contribution in [2.75, 3.05) is 13.2 Å². The Morgan fingerprint density at radius 1 is 1.53 bits per heavy atom. The molecule has 2 atom stereocenters. The number of hydrogen-bond donors (Lipinski definition) is 1. The number of pyridine rings is 1. The minimum atomic E-state index is -0.0906. The first kappa shape index (κ1) is 12.2. The van der Waals surface area contributed by atoms with Gasteiger partial charge in [0.25, 0.3) is 5.91 Å². The third-order valence-corrected chi connectivity index (χ3v) is 3.91. The summed E-state index contributed by atoms with van der Waals surface area (Å²) in [5.41, 5.74) is 1.21. The van der Waals surface area contributed by atoms with E-state index in [4.69, 9.17) is 0 Å². The number of aromatic nitrogens is 2. The Bertz CT molecular complexity index is 575. The lowest BCUT2D eigenvalue weighted by molar-refractivity contribution is 0.0643. The molecule has 5 heteroatoms. The minimum absolute atomic E-state index is 0.0142. The molecule has 1 N–H and O–H groups in total. The second kappa shape index (κ2) is 4.66. The summed E-state index contributed by atoms with van der Waals surface area (Å²) in [6, 6.07) is 5.58. The Morgan fingerprint density at radius 2 is 2.37 bits per heavy atom. The van der Waals surface area contributed by atoms with Crippen LogP contribution in [0.15, 0.2) is 30.6 Å². The van der Waals surface area contributed by atoms with Gasteiger partial charge in [-0.1, -0.05) is 13.0 Å². The quantitative estimate of drug-likeness (QED) is 0.881. The van der Waals surface area contributed by atoms with E-state index in [1.807, 2.05) is 28.8 Å². The van der Waals surface area contributed by atoms with Crippen molar-refractivity contribution in [1.82, 2.24) is 14.3 Å². The number of carbonyl (C=O) groups is 1. The van der Waals surface area contributed by atoms with Gasteiger partial charge in [-0.05, 0) is 24.5 Å². The standard InChI is InChI=1S/C14H17N3O2/c1-10-5-7-17(12(10)9-18)14(19)11-8-16-6-3-2-4-13(16)15-11/h2-4,6,8,10,12,18H,5,7,9H2,1H3. The third-order valence-electron chi connectivity index (χ3n) is 3.91. The fourth-order valence-corrected chi connectivity index (χ4v) is 2.72. The van der Waals surface area contributed by atoms with Crippen LogP contribution >= 0.6 is 0 Å². The number of carbonyl (C=O) groups excluding carboxylic acids is 1. The maximum Gasteiger partial charge on any atom is 0.274 e. The molecule has 2 aromatic heterocycles. The summed E-state index contributed by atoms with van der Waals surface area (Å²) in [6.45, 7) is 2.78. The van der Waals surface area contributed by atoms with Crippen LogP contribution in [0.5, 0.6) is 0 Å². The third kappa shape index (κ3) is 2.00. The normalized spacial score (nSPS) is 23.2. The van der Waals surface area contributed by atoms with Crippen molar-refractivity contribution in [2.45, 2.75) is 19.4 Å². The van der Waals surface area contributed by atoms with Crippen molar-refractivity contribution in [2.24, 2.45) is 5.92 Å². The fourth-order valence-electron chi connectivity index (χ4n) is 2.72. The molecule has 1 fully saturated rings.